The monoisotopic (exact) mass is 360 g/mol. The number of aryl methyl sites for hydroxylation is 1. The van der Waals surface area contributed by atoms with Gasteiger partial charge in [0.25, 0.3) is 0 Å². The maximum atomic E-state index is 6.08. The van der Waals surface area contributed by atoms with Crippen LogP contribution in [0, 0.1) is 0 Å². The summed E-state index contributed by atoms with van der Waals surface area (Å²) in [5.41, 5.74) is 9.20. The number of nitrogen functional groups attached to an aromatic ring is 1. The lowest BCUT2D eigenvalue weighted by Crippen LogP contribution is -2.28. The number of halogens is 1. The van der Waals surface area contributed by atoms with Crippen molar-refractivity contribution in [3.8, 4) is 11.1 Å². The maximum absolute atomic E-state index is 6.08. The summed E-state index contributed by atoms with van der Waals surface area (Å²) in [6.45, 7) is 8.49. The molecule has 1 aromatic heterocycles. The molecule has 136 valence electrons. The lowest BCUT2D eigenvalue weighted by atomic mass is 10.0. The first-order valence-corrected chi connectivity index (χ1v) is 9.65. The molecular weight excluding hydrogens is 332 g/mol. The van der Waals surface area contributed by atoms with Gasteiger partial charge < -0.3 is 10.6 Å². The molecule has 0 bridgehead atoms. The van der Waals surface area contributed by atoms with E-state index in [1.807, 2.05) is 24.3 Å². The highest BCUT2D eigenvalue weighted by Crippen LogP contribution is 2.34. The van der Waals surface area contributed by atoms with Crippen molar-refractivity contribution in [2.24, 2.45) is 0 Å². The summed E-state index contributed by atoms with van der Waals surface area (Å²) in [7, 11) is 0. The summed E-state index contributed by atoms with van der Waals surface area (Å²) >= 11 is 6.08. The molecule has 0 saturated heterocycles. The molecule has 2 rings (SSSR count). The van der Waals surface area contributed by atoms with Crippen LogP contribution in [0.25, 0.3) is 11.1 Å². The summed E-state index contributed by atoms with van der Waals surface area (Å²) in [6, 6.07) is 7.91. The summed E-state index contributed by atoms with van der Waals surface area (Å²) in [5.74, 6) is 1.30. The highest BCUT2D eigenvalue weighted by molar-refractivity contribution is 6.30. The Morgan fingerprint density at radius 3 is 2.08 bits per heavy atom. The van der Waals surface area contributed by atoms with Crippen LogP contribution in [0.4, 0.5) is 11.8 Å². The number of hydrogen-bond donors (Lipinski definition) is 1. The molecule has 0 aliphatic heterocycles. The minimum absolute atomic E-state index is 0.350. The fourth-order valence-corrected chi connectivity index (χ4v) is 3.06. The molecule has 0 radical (unpaired) electrons. The standard InChI is InChI=1S/C20H29ClN4/c1-4-7-13-25(14-8-5-2)19-18(15-9-11-16(21)12-10-15)17(6-3)23-20(22)24-19/h9-12H,4-8,13-14H2,1-3H3,(H2,22,23,24). The van der Waals surface area contributed by atoms with Crippen LogP contribution in [0.5, 0.6) is 0 Å². The van der Waals surface area contributed by atoms with Crippen molar-refractivity contribution >= 4 is 23.4 Å². The van der Waals surface area contributed by atoms with Crippen LogP contribution >= 0.6 is 11.6 Å². The molecule has 4 nitrogen and oxygen atoms in total. The Morgan fingerprint density at radius 1 is 0.960 bits per heavy atom. The zero-order chi connectivity index (χ0) is 18.2. The van der Waals surface area contributed by atoms with Gasteiger partial charge in [-0.25, -0.2) is 4.98 Å². The molecule has 1 heterocycles. The van der Waals surface area contributed by atoms with Gasteiger partial charge in [0, 0.05) is 23.7 Å². The van der Waals surface area contributed by atoms with Crippen LogP contribution in [0.3, 0.4) is 0 Å². The quantitative estimate of drug-likeness (QED) is 0.655. The summed E-state index contributed by atoms with van der Waals surface area (Å²) in [5, 5.41) is 0.730. The third-order valence-electron chi connectivity index (χ3n) is 4.31. The van der Waals surface area contributed by atoms with Crippen LogP contribution < -0.4 is 10.6 Å². The van der Waals surface area contributed by atoms with Gasteiger partial charge in [0.1, 0.15) is 5.82 Å². The summed E-state index contributed by atoms with van der Waals surface area (Å²) in [4.78, 5) is 11.5. The third kappa shape index (κ3) is 5.08. The molecular formula is C20H29ClN4. The van der Waals surface area contributed by atoms with Crippen molar-refractivity contribution in [3.63, 3.8) is 0 Å². The van der Waals surface area contributed by atoms with Gasteiger partial charge >= 0.3 is 0 Å². The van der Waals surface area contributed by atoms with E-state index in [2.05, 4.69) is 35.6 Å². The molecule has 2 N–H and O–H groups in total. The van der Waals surface area contributed by atoms with Crippen molar-refractivity contribution in [2.75, 3.05) is 23.7 Å². The number of nitrogens with two attached hydrogens (primary N) is 1. The number of benzene rings is 1. The molecule has 25 heavy (non-hydrogen) atoms. The van der Waals surface area contributed by atoms with Gasteiger partial charge in [-0.3, -0.25) is 0 Å². The van der Waals surface area contributed by atoms with E-state index < -0.39 is 0 Å². The molecule has 0 spiro atoms. The molecule has 0 unspecified atom stereocenters. The predicted molar refractivity (Wildman–Crippen MR) is 108 cm³/mol. The minimum Gasteiger partial charge on any atom is -0.368 e. The second-order valence-corrected chi connectivity index (χ2v) is 6.72. The molecule has 1 aromatic carbocycles. The molecule has 0 aliphatic carbocycles. The Labute approximate surface area is 156 Å². The van der Waals surface area contributed by atoms with Crippen LogP contribution in [0.2, 0.25) is 5.02 Å². The van der Waals surface area contributed by atoms with Gasteiger partial charge in [-0.05, 0) is 37.0 Å². The zero-order valence-electron chi connectivity index (χ0n) is 15.6. The Hall–Kier alpha value is -1.81. The number of anilines is 2. The summed E-state index contributed by atoms with van der Waals surface area (Å²) in [6.07, 6.45) is 5.39. The fraction of sp³-hybridized carbons (Fsp3) is 0.500. The van der Waals surface area contributed by atoms with Gasteiger partial charge in [-0.15, -0.1) is 0 Å². The number of hydrogen-bond acceptors (Lipinski definition) is 4. The SMILES string of the molecule is CCCCN(CCCC)c1nc(N)nc(CC)c1-c1ccc(Cl)cc1. The second kappa shape index (κ2) is 9.62. The first-order valence-electron chi connectivity index (χ1n) is 9.27. The Bertz CT molecular complexity index is 662. The van der Waals surface area contributed by atoms with Gasteiger partial charge in [0.15, 0.2) is 0 Å². The Morgan fingerprint density at radius 2 is 1.56 bits per heavy atom. The average Bonchev–Trinajstić information content (AvgIpc) is 2.62. The van der Waals surface area contributed by atoms with Crippen LogP contribution in [0.1, 0.15) is 52.1 Å². The van der Waals surface area contributed by atoms with E-state index in [-0.39, 0.29) is 0 Å². The minimum atomic E-state index is 0.350. The fourth-order valence-electron chi connectivity index (χ4n) is 2.93. The van der Waals surface area contributed by atoms with Crippen LogP contribution in [-0.2, 0) is 6.42 Å². The molecule has 0 atom stereocenters. The van der Waals surface area contributed by atoms with E-state index in [1.54, 1.807) is 0 Å². The topological polar surface area (TPSA) is 55.0 Å². The normalized spacial score (nSPS) is 10.9. The van der Waals surface area contributed by atoms with E-state index in [0.717, 1.165) is 72.9 Å². The second-order valence-electron chi connectivity index (χ2n) is 6.28. The molecule has 0 fully saturated rings. The van der Waals surface area contributed by atoms with Crippen molar-refractivity contribution < 1.29 is 0 Å². The zero-order valence-corrected chi connectivity index (χ0v) is 16.3. The van der Waals surface area contributed by atoms with Crippen molar-refractivity contribution in [2.45, 2.75) is 52.9 Å². The van der Waals surface area contributed by atoms with Gasteiger partial charge in [-0.2, -0.15) is 4.98 Å². The third-order valence-corrected chi connectivity index (χ3v) is 4.56. The lowest BCUT2D eigenvalue weighted by Gasteiger charge is -2.27. The van der Waals surface area contributed by atoms with E-state index in [0.29, 0.717) is 5.95 Å². The highest BCUT2D eigenvalue weighted by Gasteiger charge is 2.19. The summed E-state index contributed by atoms with van der Waals surface area (Å²) < 4.78 is 0. The molecule has 0 aliphatic rings. The van der Waals surface area contributed by atoms with Crippen molar-refractivity contribution in [3.05, 3.63) is 35.0 Å². The number of unbranched alkanes of at least 4 members (excludes halogenated alkanes) is 2. The number of nitrogens with zero attached hydrogens (tertiary/aromatic N) is 3. The molecule has 0 amide bonds. The van der Waals surface area contributed by atoms with Crippen LogP contribution in [-0.4, -0.2) is 23.1 Å². The largest absolute Gasteiger partial charge is 0.368 e. The molecule has 5 heteroatoms. The smallest absolute Gasteiger partial charge is 0.222 e. The van der Waals surface area contributed by atoms with Gasteiger partial charge in [0.05, 0.1) is 5.69 Å². The average molecular weight is 361 g/mol. The van der Waals surface area contributed by atoms with Crippen molar-refractivity contribution in [1.82, 2.24) is 9.97 Å². The van der Waals surface area contributed by atoms with Crippen LogP contribution in [0.15, 0.2) is 24.3 Å². The van der Waals surface area contributed by atoms with E-state index in [9.17, 15) is 0 Å². The number of aromatic nitrogens is 2. The van der Waals surface area contributed by atoms with Gasteiger partial charge in [0.2, 0.25) is 5.95 Å². The maximum Gasteiger partial charge on any atom is 0.222 e. The Kier molecular flexibility index (Phi) is 7.51. The molecule has 2 aromatic rings. The first-order chi connectivity index (χ1) is 12.1. The first kappa shape index (κ1) is 19.5. The Balaban J connectivity index is 2.56. The van der Waals surface area contributed by atoms with E-state index in [1.165, 1.54) is 0 Å². The molecule has 0 saturated carbocycles. The lowest BCUT2D eigenvalue weighted by molar-refractivity contribution is 0.671. The van der Waals surface area contributed by atoms with Crippen molar-refractivity contribution in [1.29, 1.82) is 0 Å². The van der Waals surface area contributed by atoms with E-state index in [4.69, 9.17) is 17.3 Å². The number of rotatable bonds is 9. The highest BCUT2D eigenvalue weighted by atomic mass is 35.5. The van der Waals surface area contributed by atoms with Gasteiger partial charge in [-0.1, -0.05) is 57.3 Å². The predicted octanol–water partition coefficient (Wildman–Crippen LogP) is 5.35. The van der Waals surface area contributed by atoms with E-state index >= 15 is 0 Å².